The number of halogens is 2. The zero-order chi connectivity index (χ0) is 13.2. The van der Waals surface area contributed by atoms with Gasteiger partial charge in [0.05, 0.1) is 12.2 Å². The van der Waals surface area contributed by atoms with Gasteiger partial charge >= 0.3 is 0 Å². The number of rotatable bonds is 3. The maximum Gasteiger partial charge on any atom is 0.124 e. The monoisotopic (exact) mass is 304 g/mol. The van der Waals surface area contributed by atoms with Crippen LogP contribution in [0, 0.1) is 11.2 Å². The zero-order valence-electron chi connectivity index (χ0n) is 10.2. The van der Waals surface area contributed by atoms with Gasteiger partial charge in [-0.05, 0) is 23.1 Å². The van der Waals surface area contributed by atoms with Crippen LogP contribution < -0.4 is 0 Å². The second kappa shape index (κ2) is 5.46. The lowest BCUT2D eigenvalue weighted by atomic mass is 9.84. The lowest BCUT2D eigenvalue weighted by Crippen LogP contribution is -2.38. The van der Waals surface area contributed by atoms with Crippen molar-refractivity contribution < 1.29 is 14.6 Å². The molecule has 0 fully saturated rings. The van der Waals surface area contributed by atoms with Gasteiger partial charge in [0.25, 0.3) is 0 Å². The number of hydrogen-bond donors (Lipinski definition) is 2. The molecule has 2 unspecified atom stereocenters. The van der Waals surface area contributed by atoms with Crippen molar-refractivity contribution in [2.24, 2.45) is 5.41 Å². The first-order chi connectivity index (χ1) is 7.71. The Morgan fingerprint density at radius 2 is 1.88 bits per heavy atom. The average Bonchev–Trinajstić information content (AvgIpc) is 2.19. The van der Waals surface area contributed by atoms with Crippen LogP contribution in [0.4, 0.5) is 4.39 Å². The minimum Gasteiger partial charge on any atom is -0.390 e. The predicted octanol–water partition coefficient (Wildman–Crippen LogP) is 2.90. The molecule has 2 atom stereocenters. The van der Waals surface area contributed by atoms with Crippen LogP contribution in [0.3, 0.4) is 0 Å². The Bertz CT molecular complexity index is 387. The molecule has 2 nitrogen and oxygen atoms in total. The van der Waals surface area contributed by atoms with Gasteiger partial charge in [-0.3, -0.25) is 0 Å². The third-order valence-corrected chi connectivity index (χ3v) is 3.43. The smallest absolute Gasteiger partial charge is 0.124 e. The standard InChI is InChI=1S/C13H18BrFO2/c1-13(2,3)12(17)11(16)6-8-4-5-9(15)7-10(8)14/h4-5,7,11-12,16-17H,6H2,1-3H3. The molecule has 0 saturated heterocycles. The van der Waals surface area contributed by atoms with Crippen LogP contribution in [0.1, 0.15) is 26.3 Å². The third kappa shape index (κ3) is 4.05. The lowest BCUT2D eigenvalue weighted by Gasteiger charge is -2.30. The number of aliphatic hydroxyl groups is 2. The van der Waals surface area contributed by atoms with Crippen molar-refractivity contribution in [2.75, 3.05) is 0 Å². The van der Waals surface area contributed by atoms with Crippen LogP contribution in [0.15, 0.2) is 22.7 Å². The molecular weight excluding hydrogens is 287 g/mol. The second-order valence-corrected chi connectivity index (χ2v) is 6.17. The SMILES string of the molecule is CC(C)(C)C(O)C(O)Cc1ccc(F)cc1Br. The van der Waals surface area contributed by atoms with Crippen LogP contribution in [0.25, 0.3) is 0 Å². The Morgan fingerprint density at radius 3 is 2.35 bits per heavy atom. The first kappa shape index (κ1) is 14.6. The fourth-order valence-electron chi connectivity index (χ4n) is 1.60. The summed E-state index contributed by atoms with van der Waals surface area (Å²) in [6.45, 7) is 5.59. The molecule has 1 aromatic carbocycles. The Balaban J connectivity index is 2.78. The largest absolute Gasteiger partial charge is 0.390 e. The molecule has 1 aromatic rings. The van der Waals surface area contributed by atoms with Gasteiger partial charge in [0.15, 0.2) is 0 Å². The summed E-state index contributed by atoms with van der Waals surface area (Å²) in [6, 6.07) is 4.31. The van der Waals surface area contributed by atoms with Gasteiger partial charge in [0, 0.05) is 10.9 Å². The van der Waals surface area contributed by atoms with Crippen LogP contribution in [-0.2, 0) is 6.42 Å². The minimum absolute atomic E-state index is 0.291. The molecule has 0 saturated carbocycles. The summed E-state index contributed by atoms with van der Waals surface area (Å²) >= 11 is 3.24. The van der Waals surface area contributed by atoms with E-state index in [2.05, 4.69) is 15.9 Å². The van der Waals surface area contributed by atoms with Crippen molar-refractivity contribution in [3.63, 3.8) is 0 Å². The molecule has 0 aliphatic carbocycles. The van der Waals surface area contributed by atoms with Crippen molar-refractivity contribution in [3.05, 3.63) is 34.1 Å². The molecule has 0 aliphatic rings. The summed E-state index contributed by atoms with van der Waals surface area (Å²) < 4.78 is 13.5. The number of benzene rings is 1. The van der Waals surface area contributed by atoms with E-state index in [1.807, 2.05) is 20.8 Å². The van der Waals surface area contributed by atoms with Crippen LogP contribution in [0.2, 0.25) is 0 Å². The van der Waals surface area contributed by atoms with E-state index in [4.69, 9.17) is 0 Å². The van der Waals surface area contributed by atoms with E-state index in [0.717, 1.165) is 5.56 Å². The van der Waals surface area contributed by atoms with Crippen LogP contribution in [0.5, 0.6) is 0 Å². The Kier molecular flexibility index (Phi) is 4.69. The van der Waals surface area contributed by atoms with Crippen molar-refractivity contribution in [1.29, 1.82) is 0 Å². The van der Waals surface area contributed by atoms with E-state index in [9.17, 15) is 14.6 Å². The fourth-order valence-corrected chi connectivity index (χ4v) is 2.11. The average molecular weight is 305 g/mol. The normalized spacial score (nSPS) is 15.7. The van der Waals surface area contributed by atoms with Gasteiger partial charge in [-0.2, -0.15) is 0 Å². The van der Waals surface area contributed by atoms with Gasteiger partial charge < -0.3 is 10.2 Å². The summed E-state index contributed by atoms with van der Waals surface area (Å²) in [5.41, 5.74) is 0.397. The van der Waals surface area contributed by atoms with Crippen molar-refractivity contribution in [1.82, 2.24) is 0 Å². The molecule has 4 heteroatoms. The first-order valence-corrected chi connectivity index (χ1v) is 6.31. The second-order valence-electron chi connectivity index (χ2n) is 5.32. The van der Waals surface area contributed by atoms with Gasteiger partial charge in [0.1, 0.15) is 5.82 Å². The van der Waals surface area contributed by atoms with Gasteiger partial charge in [-0.1, -0.05) is 42.8 Å². The topological polar surface area (TPSA) is 40.5 Å². The highest BCUT2D eigenvalue weighted by atomic mass is 79.9. The van der Waals surface area contributed by atoms with Crippen LogP contribution in [-0.4, -0.2) is 22.4 Å². The van der Waals surface area contributed by atoms with E-state index in [1.165, 1.54) is 12.1 Å². The Labute approximate surface area is 110 Å². The molecule has 0 heterocycles. The quantitative estimate of drug-likeness (QED) is 0.901. The maximum atomic E-state index is 12.9. The van der Waals surface area contributed by atoms with Crippen molar-refractivity contribution in [3.8, 4) is 0 Å². The summed E-state index contributed by atoms with van der Waals surface area (Å²) in [6.07, 6.45) is -1.39. The van der Waals surface area contributed by atoms with E-state index in [-0.39, 0.29) is 11.2 Å². The molecule has 0 radical (unpaired) electrons. The molecule has 0 amide bonds. The maximum absolute atomic E-state index is 12.9. The summed E-state index contributed by atoms with van der Waals surface area (Å²) in [5.74, 6) is -0.327. The molecule has 17 heavy (non-hydrogen) atoms. The molecule has 0 spiro atoms. The van der Waals surface area contributed by atoms with Gasteiger partial charge in [-0.25, -0.2) is 4.39 Å². The zero-order valence-corrected chi connectivity index (χ0v) is 11.8. The third-order valence-electron chi connectivity index (χ3n) is 2.70. The highest BCUT2D eigenvalue weighted by Crippen LogP contribution is 2.26. The molecule has 1 rings (SSSR count). The van der Waals surface area contributed by atoms with E-state index in [0.29, 0.717) is 10.9 Å². The molecule has 96 valence electrons. The van der Waals surface area contributed by atoms with E-state index < -0.39 is 12.2 Å². The van der Waals surface area contributed by atoms with Gasteiger partial charge in [-0.15, -0.1) is 0 Å². The predicted molar refractivity (Wildman–Crippen MR) is 69.3 cm³/mol. The Morgan fingerprint density at radius 1 is 1.29 bits per heavy atom. The lowest BCUT2D eigenvalue weighted by molar-refractivity contribution is -0.0434. The van der Waals surface area contributed by atoms with Crippen molar-refractivity contribution >= 4 is 15.9 Å². The summed E-state index contributed by atoms with van der Waals surface area (Å²) in [4.78, 5) is 0. The summed E-state index contributed by atoms with van der Waals surface area (Å²) in [7, 11) is 0. The molecular formula is C13H18BrFO2. The van der Waals surface area contributed by atoms with Gasteiger partial charge in [0.2, 0.25) is 0 Å². The molecule has 0 aliphatic heterocycles. The number of aliphatic hydroxyl groups excluding tert-OH is 2. The minimum atomic E-state index is -0.864. The highest BCUT2D eigenvalue weighted by molar-refractivity contribution is 9.10. The highest BCUT2D eigenvalue weighted by Gasteiger charge is 2.29. The molecule has 0 aromatic heterocycles. The van der Waals surface area contributed by atoms with Crippen LogP contribution >= 0.6 is 15.9 Å². The molecule has 2 N–H and O–H groups in total. The summed E-state index contributed by atoms with van der Waals surface area (Å²) in [5, 5.41) is 19.9. The Hall–Kier alpha value is -0.450. The van der Waals surface area contributed by atoms with E-state index in [1.54, 1.807) is 6.07 Å². The van der Waals surface area contributed by atoms with Crippen molar-refractivity contribution in [2.45, 2.75) is 39.4 Å². The van der Waals surface area contributed by atoms with E-state index >= 15 is 0 Å². The number of hydrogen-bond acceptors (Lipinski definition) is 2. The fraction of sp³-hybridized carbons (Fsp3) is 0.538. The first-order valence-electron chi connectivity index (χ1n) is 5.52. The molecule has 0 bridgehead atoms.